The highest BCUT2D eigenvalue weighted by Crippen LogP contribution is 2.43. The molecule has 5 heteroatoms. The van der Waals surface area contributed by atoms with E-state index in [2.05, 4.69) is 39.1 Å². The number of benzene rings is 1. The first-order chi connectivity index (χ1) is 11.2. The number of aliphatic imine (C=N–C) groups is 1. The van der Waals surface area contributed by atoms with Crippen molar-refractivity contribution in [2.24, 2.45) is 4.99 Å². The van der Waals surface area contributed by atoms with Gasteiger partial charge in [0.2, 0.25) is 0 Å². The van der Waals surface area contributed by atoms with Crippen LogP contribution >= 0.6 is 15.9 Å². The van der Waals surface area contributed by atoms with Gasteiger partial charge in [-0.3, -0.25) is 0 Å². The van der Waals surface area contributed by atoms with Gasteiger partial charge in [0.1, 0.15) is 5.75 Å². The highest BCUT2D eigenvalue weighted by Gasteiger charge is 2.30. The summed E-state index contributed by atoms with van der Waals surface area (Å²) in [6.07, 6.45) is 7.57. The van der Waals surface area contributed by atoms with Gasteiger partial charge in [0, 0.05) is 15.6 Å². The van der Waals surface area contributed by atoms with Crippen LogP contribution in [-0.4, -0.2) is 22.8 Å². The molecule has 0 amide bonds. The highest BCUT2D eigenvalue weighted by atomic mass is 79.9. The summed E-state index contributed by atoms with van der Waals surface area (Å²) < 4.78 is 7.40. The summed E-state index contributed by atoms with van der Waals surface area (Å²) >= 11 is 3.56. The second kappa shape index (κ2) is 5.42. The van der Waals surface area contributed by atoms with E-state index in [1.807, 2.05) is 18.2 Å². The van der Waals surface area contributed by atoms with Crippen molar-refractivity contribution in [1.29, 1.82) is 0 Å². The Balaban J connectivity index is 1.75. The van der Waals surface area contributed by atoms with Crippen molar-refractivity contribution in [3.8, 4) is 5.75 Å². The maximum Gasteiger partial charge on any atom is 0.176 e. The minimum Gasteiger partial charge on any atom is -0.497 e. The third-order valence-corrected chi connectivity index (χ3v) is 4.86. The zero-order valence-electron chi connectivity index (χ0n) is 12.6. The van der Waals surface area contributed by atoms with Crippen LogP contribution in [0.3, 0.4) is 0 Å². The van der Waals surface area contributed by atoms with Gasteiger partial charge in [0.25, 0.3) is 0 Å². The molecule has 2 heterocycles. The second-order valence-corrected chi connectivity index (χ2v) is 6.45. The Kier molecular flexibility index (Phi) is 3.38. The molecule has 0 bridgehead atoms. The molecule has 1 aromatic heterocycles. The number of hydrogen-bond donors (Lipinski definition) is 1. The summed E-state index contributed by atoms with van der Waals surface area (Å²) in [6.45, 7) is 0. The fourth-order valence-electron chi connectivity index (χ4n) is 3.11. The fraction of sp³-hybridized carbons (Fsp3) is 0.167. The van der Waals surface area contributed by atoms with Crippen molar-refractivity contribution >= 4 is 33.0 Å². The molecule has 1 aliphatic carbocycles. The van der Waals surface area contributed by atoms with Gasteiger partial charge in [0.15, 0.2) is 5.82 Å². The quantitative estimate of drug-likeness (QED) is 0.809. The maximum absolute atomic E-state index is 10.2. The van der Waals surface area contributed by atoms with Crippen LogP contribution in [0, 0.1) is 0 Å². The topological polar surface area (TPSA) is 46.8 Å². The normalized spacial score (nSPS) is 15.5. The predicted molar refractivity (Wildman–Crippen MR) is 94.1 cm³/mol. The molecule has 4 rings (SSSR count). The first kappa shape index (κ1) is 14.3. The summed E-state index contributed by atoms with van der Waals surface area (Å²) in [5, 5.41) is 10.2. The van der Waals surface area contributed by atoms with Crippen LogP contribution in [0.25, 0.3) is 5.57 Å². The molecule has 1 aromatic carbocycles. The molecule has 0 atom stereocenters. The summed E-state index contributed by atoms with van der Waals surface area (Å²) in [7, 11) is 1.66. The molecule has 0 spiro atoms. The monoisotopic (exact) mass is 370 g/mol. The van der Waals surface area contributed by atoms with Crippen LogP contribution in [0.1, 0.15) is 23.1 Å². The molecule has 2 aromatic rings. The van der Waals surface area contributed by atoms with E-state index in [1.165, 1.54) is 0 Å². The van der Waals surface area contributed by atoms with Crippen molar-refractivity contribution in [3.63, 3.8) is 0 Å². The molecular formula is C18H15BrN2O2. The zero-order valence-corrected chi connectivity index (χ0v) is 14.2. The number of fused-ring (bicyclic) bond motifs is 3. The third kappa shape index (κ3) is 2.32. The van der Waals surface area contributed by atoms with Gasteiger partial charge in [-0.1, -0.05) is 24.3 Å². The molecule has 0 saturated carbocycles. The van der Waals surface area contributed by atoms with Crippen LogP contribution in [0.5, 0.6) is 5.75 Å². The smallest absolute Gasteiger partial charge is 0.176 e. The van der Waals surface area contributed by atoms with E-state index >= 15 is 0 Å². The number of hydrogen-bond acceptors (Lipinski definition) is 3. The van der Waals surface area contributed by atoms with Gasteiger partial charge in [0.05, 0.1) is 19.0 Å². The highest BCUT2D eigenvalue weighted by molar-refractivity contribution is 9.12. The molecule has 1 aliphatic heterocycles. The first-order valence-electron chi connectivity index (χ1n) is 7.39. The van der Waals surface area contributed by atoms with Gasteiger partial charge < -0.3 is 9.94 Å². The Hall–Kier alpha value is -2.27. The molecule has 23 heavy (non-hydrogen) atoms. The van der Waals surface area contributed by atoms with Gasteiger partial charge >= 0.3 is 0 Å². The van der Waals surface area contributed by atoms with E-state index in [9.17, 15) is 5.21 Å². The zero-order chi connectivity index (χ0) is 16.0. The Labute approximate surface area is 142 Å². The lowest BCUT2D eigenvalue weighted by Crippen LogP contribution is -2.03. The Morgan fingerprint density at radius 2 is 2.22 bits per heavy atom. The average molecular weight is 371 g/mol. The molecular weight excluding hydrogens is 356 g/mol. The summed E-state index contributed by atoms with van der Waals surface area (Å²) in [6, 6.07) is 7.98. The number of ether oxygens (including phenoxy) is 1. The van der Waals surface area contributed by atoms with E-state index in [1.54, 1.807) is 13.3 Å². The largest absolute Gasteiger partial charge is 0.497 e. The minimum absolute atomic E-state index is 0.608. The lowest BCUT2D eigenvalue weighted by Gasteiger charge is -2.10. The molecule has 0 saturated heterocycles. The molecule has 116 valence electrons. The van der Waals surface area contributed by atoms with E-state index in [-0.39, 0.29) is 0 Å². The van der Waals surface area contributed by atoms with E-state index in [0.29, 0.717) is 12.2 Å². The average Bonchev–Trinajstić information content (AvgIpc) is 3.08. The van der Waals surface area contributed by atoms with Crippen molar-refractivity contribution in [2.45, 2.75) is 12.8 Å². The Morgan fingerprint density at radius 1 is 1.35 bits per heavy atom. The molecule has 0 radical (unpaired) electrons. The van der Waals surface area contributed by atoms with Gasteiger partial charge in [-0.15, -0.1) is 0 Å². The summed E-state index contributed by atoms with van der Waals surface area (Å²) in [5.74, 6) is 1.44. The molecule has 4 nitrogen and oxygen atoms in total. The van der Waals surface area contributed by atoms with E-state index in [0.717, 1.165) is 49.4 Å². The summed E-state index contributed by atoms with van der Waals surface area (Å²) in [5.41, 5.74) is 5.21. The number of aromatic nitrogens is 1. The van der Waals surface area contributed by atoms with Gasteiger partial charge in [-0.25, -0.2) is 4.99 Å². The lowest BCUT2D eigenvalue weighted by atomic mass is 9.94. The standard InChI is InChI=1S/C18H15BrN2O2/c1-23-13-5-2-4-11(9-13)8-12-10-21(22)18-16(12)14-6-3-7-15(19)17(14)20-18/h2,4-7,9-10,22H,3,8H2,1H3. The first-order valence-corrected chi connectivity index (χ1v) is 8.18. The fourth-order valence-corrected chi connectivity index (χ4v) is 3.60. The number of methoxy groups -OCH3 is 1. The van der Waals surface area contributed by atoms with Crippen LogP contribution in [0.4, 0.5) is 5.82 Å². The molecule has 1 N–H and O–H groups in total. The van der Waals surface area contributed by atoms with Crippen LogP contribution in [-0.2, 0) is 6.42 Å². The van der Waals surface area contributed by atoms with E-state index in [4.69, 9.17) is 4.74 Å². The van der Waals surface area contributed by atoms with Crippen molar-refractivity contribution < 1.29 is 9.94 Å². The molecule has 0 unspecified atom stereocenters. The number of nitrogens with zero attached hydrogens (tertiary/aromatic N) is 2. The predicted octanol–water partition coefficient (Wildman–Crippen LogP) is 4.48. The molecule has 2 aliphatic rings. The number of allylic oxidation sites excluding steroid dienone is 4. The van der Waals surface area contributed by atoms with Gasteiger partial charge in [-0.2, -0.15) is 4.73 Å². The van der Waals surface area contributed by atoms with Gasteiger partial charge in [-0.05, 0) is 52.0 Å². The van der Waals surface area contributed by atoms with Crippen LogP contribution in [0.2, 0.25) is 0 Å². The van der Waals surface area contributed by atoms with E-state index < -0.39 is 0 Å². The number of rotatable bonds is 3. The molecule has 0 fully saturated rings. The lowest BCUT2D eigenvalue weighted by molar-refractivity contribution is 0.192. The second-order valence-electron chi connectivity index (χ2n) is 5.59. The van der Waals surface area contributed by atoms with Crippen molar-refractivity contribution in [3.05, 3.63) is 63.8 Å². The van der Waals surface area contributed by atoms with Crippen molar-refractivity contribution in [2.75, 3.05) is 7.11 Å². The Bertz CT molecular complexity index is 890. The number of halogens is 1. The SMILES string of the molecule is COc1cccc(Cc2cn(O)c3c2C2=CCC=C(Br)C2=N3)c1. The summed E-state index contributed by atoms with van der Waals surface area (Å²) in [4.78, 5) is 4.57. The Morgan fingerprint density at radius 3 is 3.04 bits per heavy atom. The third-order valence-electron chi connectivity index (χ3n) is 4.16. The maximum atomic E-state index is 10.2. The van der Waals surface area contributed by atoms with Crippen LogP contribution in [0.15, 0.2) is 52.1 Å². The van der Waals surface area contributed by atoms with Crippen molar-refractivity contribution in [1.82, 2.24) is 4.73 Å². The minimum atomic E-state index is 0.608. The van der Waals surface area contributed by atoms with Crippen LogP contribution < -0.4 is 4.74 Å².